The van der Waals surface area contributed by atoms with Gasteiger partial charge in [-0.1, -0.05) is 18.2 Å². The first-order valence-corrected chi connectivity index (χ1v) is 9.15. The van der Waals surface area contributed by atoms with Crippen LogP contribution in [0.3, 0.4) is 0 Å². The van der Waals surface area contributed by atoms with Crippen LogP contribution >= 0.6 is 11.3 Å². The van der Waals surface area contributed by atoms with Crippen LogP contribution in [-0.2, 0) is 6.54 Å². The zero-order chi connectivity index (χ0) is 18.2. The van der Waals surface area contributed by atoms with Gasteiger partial charge in [0.15, 0.2) is 11.4 Å². The van der Waals surface area contributed by atoms with Gasteiger partial charge in [-0.15, -0.1) is 11.3 Å². The minimum atomic E-state index is -0.202. The van der Waals surface area contributed by atoms with Crippen molar-refractivity contribution in [3.63, 3.8) is 0 Å². The van der Waals surface area contributed by atoms with Crippen LogP contribution in [0, 0.1) is 0 Å². The van der Waals surface area contributed by atoms with Crippen molar-refractivity contribution in [2.75, 3.05) is 0 Å². The number of pyridine rings is 1. The first-order valence-electron chi connectivity index (χ1n) is 8.27. The second-order valence-corrected chi connectivity index (χ2v) is 6.86. The monoisotopic (exact) mass is 375 g/mol. The number of hydrogen-bond acceptors (Lipinski definition) is 6. The van der Waals surface area contributed by atoms with Gasteiger partial charge in [0.25, 0.3) is 5.91 Å². The number of furan rings is 1. The largest absolute Gasteiger partial charge is 0.454 e. The molecule has 0 saturated carbocycles. The Kier molecular flexibility index (Phi) is 3.68. The molecular weight excluding hydrogens is 362 g/mol. The lowest BCUT2D eigenvalue weighted by Crippen LogP contribution is -2.23. The third-order valence-electron chi connectivity index (χ3n) is 4.20. The number of nitrogens with zero attached hydrogens (tertiary/aromatic N) is 3. The van der Waals surface area contributed by atoms with Crippen LogP contribution < -0.4 is 5.32 Å². The molecule has 0 aliphatic carbocycles. The van der Waals surface area contributed by atoms with E-state index in [2.05, 4.69) is 25.3 Å². The van der Waals surface area contributed by atoms with E-state index < -0.39 is 0 Å². The van der Waals surface area contributed by atoms with Crippen LogP contribution in [0.15, 0.2) is 58.7 Å². The molecule has 0 radical (unpaired) electrons. The summed E-state index contributed by atoms with van der Waals surface area (Å²) in [5, 5.41) is 6.66. The molecule has 0 bridgehead atoms. The minimum absolute atomic E-state index is 0.202. The normalized spacial score (nSPS) is 11.3. The van der Waals surface area contributed by atoms with E-state index in [-0.39, 0.29) is 5.91 Å². The predicted octanol–water partition coefficient (Wildman–Crippen LogP) is 3.76. The average molecular weight is 375 g/mol. The van der Waals surface area contributed by atoms with E-state index in [9.17, 15) is 4.79 Å². The molecular formula is C19H13N5O2S. The number of hydrogen-bond donors (Lipinski definition) is 2. The number of nitrogens with one attached hydrogen (secondary N) is 2. The number of benzene rings is 1. The molecule has 5 aromatic rings. The Hall–Kier alpha value is -3.52. The maximum atomic E-state index is 12.5. The van der Waals surface area contributed by atoms with Crippen LogP contribution in [-0.4, -0.2) is 25.8 Å². The number of H-pyrrole nitrogens is 1. The molecule has 0 aliphatic rings. The fourth-order valence-electron chi connectivity index (χ4n) is 2.90. The van der Waals surface area contributed by atoms with Gasteiger partial charge in [-0.05, 0) is 18.2 Å². The summed E-state index contributed by atoms with van der Waals surface area (Å²) in [6, 6.07) is 11.5. The molecule has 5 rings (SSSR count). The van der Waals surface area contributed by atoms with Crippen LogP contribution in [0.5, 0.6) is 0 Å². The zero-order valence-electron chi connectivity index (χ0n) is 14.0. The van der Waals surface area contributed by atoms with E-state index in [0.717, 1.165) is 27.4 Å². The molecule has 0 fully saturated rings. The Bertz CT molecular complexity index is 1240. The lowest BCUT2D eigenvalue weighted by Gasteiger charge is -2.03. The van der Waals surface area contributed by atoms with E-state index in [1.807, 2.05) is 35.7 Å². The van der Waals surface area contributed by atoms with E-state index >= 15 is 0 Å². The van der Waals surface area contributed by atoms with Gasteiger partial charge in [0, 0.05) is 17.0 Å². The van der Waals surface area contributed by atoms with Crippen molar-refractivity contribution in [1.29, 1.82) is 0 Å². The third-order valence-corrected chi connectivity index (χ3v) is 5.05. The maximum Gasteiger partial charge on any atom is 0.253 e. The van der Waals surface area contributed by atoms with Crippen LogP contribution in [0.1, 0.15) is 15.4 Å². The summed E-state index contributed by atoms with van der Waals surface area (Å²) in [7, 11) is 0. The van der Waals surface area contributed by atoms with E-state index in [0.29, 0.717) is 23.3 Å². The fraction of sp³-hybridized carbons (Fsp3) is 0.0526. The Labute approximate surface area is 157 Å². The molecule has 1 amide bonds. The SMILES string of the molecule is O=C(NCc1nc(-c2cc3ccccc3o2)cs1)c1ccnc2nc[nH]c12. The second kappa shape index (κ2) is 6.33. The molecule has 0 spiro atoms. The van der Waals surface area contributed by atoms with Gasteiger partial charge in [-0.2, -0.15) is 0 Å². The first kappa shape index (κ1) is 15.7. The van der Waals surface area contributed by atoms with E-state index in [1.54, 1.807) is 12.3 Å². The Morgan fingerprint density at radius 3 is 3.07 bits per heavy atom. The Morgan fingerprint density at radius 1 is 1.22 bits per heavy atom. The molecule has 0 saturated heterocycles. The molecule has 27 heavy (non-hydrogen) atoms. The van der Waals surface area contributed by atoms with E-state index in [4.69, 9.17) is 4.42 Å². The average Bonchev–Trinajstić information content (AvgIpc) is 3.43. The quantitative estimate of drug-likeness (QED) is 0.498. The number of rotatable bonds is 4. The predicted molar refractivity (Wildman–Crippen MR) is 102 cm³/mol. The number of carbonyl (C=O) groups excluding carboxylic acids is 1. The summed E-state index contributed by atoms with van der Waals surface area (Å²) in [5.41, 5.74) is 3.24. The maximum absolute atomic E-state index is 12.5. The fourth-order valence-corrected chi connectivity index (χ4v) is 3.63. The first-order chi connectivity index (χ1) is 13.3. The topological polar surface area (TPSA) is 96.7 Å². The van der Waals surface area contributed by atoms with Crippen LogP contribution in [0.25, 0.3) is 33.6 Å². The number of aromatic amines is 1. The van der Waals surface area contributed by atoms with Gasteiger partial charge < -0.3 is 14.7 Å². The van der Waals surface area contributed by atoms with Crippen molar-refractivity contribution in [3.8, 4) is 11.5 Å². The highest BCUT2D eigenvalue weighted by Gasteiger charge is 2.14. The standard InChI is InChI=1S/C19H13N5O2S/c25-19(12-5-6-20-18-17(12)22-10-23-18)21-8-16-24-13(9-27-16)15-7-11-3-1-2-4-14(11)26-15/h1-7,9-10H,8H2,(H,21,25)(H,20,22,23). The van der Waals surface area contributed by atoms with Crippen molar-refractivity contribution < 1.29 is 9.21 Å². The van der Waals surface area contributed by atoms with Gasteiger partial charge in [-0.25, -0.2) is 15.0 Å². The van der Waals surface area contributed by atoms with Gasteiger partial charge in [0.05, 0.1) is 24.0 Å². The molecule has 8 heteroatoms. The second-order valence-electron chi connectivity index (χ2n) is 5.92. The van der Waals surface area contributed by atoms with Crippen LogP contribution in [0.4, 0.5) is 0 Å². The van der Waals surface area contributed by atoms with E-state index in [1.165, 1.54) is 17.7 Å². The van der Waals surface area contributed by atoms with Crippen molar-refractivity contribution in [1.82, 2.24) is 25.3 Å². The number of imidazole rings is 1. The lowest BCUT2D eigenvalue weighted by molar-refractivity contribution is 0.0952. The smallest absolute Gasteiger partial charge is 0.253 e. The Balaban J connectivity index is 1.33. The number of para-hydroxylation sites is 1. The van der Waals surface area contributed by atoms with Crippen molar-refractivity contribution in [2.24, 2.45) is 0 Å². The van der Waals surface area contributed by atoms with Crippen LogP contribution in [0.2, 0.25) is 0 Å². The third kappa shape index (κ3) is 2.85. The molecule has 7 nitrogen and oxygen atoms in total. The van der Waals surface area contributed by atoms with Gasteiger partial charge in [0.1, 0.15) is 16.3 Å². The highest BCUT2D eigenvalue weighted by Crippen LogP contribution is 2.28. The molecule has 0 aliphatic heterocycles. The highest BCUT2D eigenvalue weighted by atomic mass is 32.1. The number of carbonyl (C=O) groups is 1. The summed E-state index contributed by atoms with van der Waals surface area (Å²) < 4.78 is 5.84. The number of fused-ring (bicyclic) bond motifs is 2. The highest BCUT2D eigenvalue weighted by molar-refractivity contribution is 7.09. The van der Waals surface area contributed by atoms with Gasteiger partial charge in [0.2, 0.25) is 0 Å². The molecule has 2 N–H and O–H groups in total. The summed E-state index contributed by atoms with van der Waals surface area (Å²) in [5.74, 6) is 0.519. The summed E-state index contributed by atoms with van der Waals surface area (Å²) in [4.78, 5) is 28.2. The summed E-state index contributed by atoms with van der Waals surface area (Å²) in [6.07, 6.45) is 3.09. The molecule has 4 aromatic heterocycles. The zero-order valence-corrected chi connectivity index (χ0v) is 14.8. The molecule has 0 unspecified atom stereocenters. The minimum Gasteiger partial charge on any atom is -0.454 e. The lowest BCUT2D eigenvalue weighted by atomic mass is 10.2. The Morgan fingerprint density at radius 2 is 2.15 bits per heavy atom. The van der Waals surface area contributed by atoms with Crippen molar-refractivity contribution in [3.05, 3.63) is 64.9 Å². The summed E-state index contributed by atoms with van der Waals surface area (Å²) >= 11 is 1.48. The number of amides is 1. The van der Waals surface area contributed by atoms with Gasteiger partial charge in [-0.3, -0.25) is 4.79 Å². The number of thiazole rings is 1. The molecule has 1 aromatic carbocycles. The van der Waals surface area contributed by atoms with Crippen molar-refractivity contribution >= 4 is 39.4 Å². The molecule has 4 heterocycles. The molecule has 132 valence electrons. The summed E-state index contributed by atoms with van der Waals surface area (Å²) in [6.45, 7) is 0.335. The molecule has 0 atom stereocenters. The van der Waals surface area contributed by atoms with Gasteiger partial charge >= 0.3 is 0 Å². The van der Waals surface area contributed by atoms with Crippen molar-refractivity contribution in [2.45, 2.75) is 6.54 Å². The number of aromatic nitrogens is 4.